The van der Waals surface area contributed by atoms with Crippen molar-refractivity contribution >= 4 is 21.5 Å². The second kappa shape index (κ2) is 2.85. The summed E-state index contributed by atoms with van der Waals surface area (Å²) in [5.74, 6) is 0. The largest absolute Gasteiger partial charge is 0.0616 e. The first-order valence-corrected chi connectivity index (χ1v) is 4.64. The molecule has 0 saturated carbocycles. The summed E-state index contributed by atoms with van der Waals surface area (Å²) in [6.07, 6.45) is 0. The maximum Gasteiger partial charge on any atom is -0.00926 e. The van der Waals surface area contributed by atoms with Crippen molar-refractivity contribution in [3.05, 3.63) is 60.7 Å². The maximum atomic E-state index is 3.27. The molecule has 3 rings (SSSR count). The molecule has 64 valence electrons. The molecule has 0 heteroatoms. The van der Waals surface area contributed by atoms with Crippen molar-refractivity contribution in [2.45, 2.75) is 0 Å². The summed E-state index contributed by atoms with van der Waals surface area (Å²) >= 11 is 0. The van der Waals surface area contributed by atoms with Crippen LogP contribution in [0.5, 0.6) is 0 Å². The van der Waals surface area contributed by atoms with Gasteiger partial charge in [-0.25, -0.2) is 0 Å². The van der Waals surface area contributed by atoms with Gasteiger partial charge in [0.05, 0.1) is 0 Å². The Labute approximate surface area is 82.8 Å². The predicted octanol–water partition coefficient (Wildman–Crippen LogP) is 3.59. The van der Waals surface area contributed by atoms with Crippen molar-refractivity contribution in [2.75, 3.05) is 0 Å². The second-order valence-corrected chi connectivity index (χ2v) is 3.35. The average Bonchev–Trinajstić information content (AvgIpc) is 2.29. The third-order valence-electron chi connectivity index (χ3n) is 2.50. The van der Waals surface area contributed by atoms with Crippen LogP contribution in [0.3, 0.4) is 0 Å². The molecule has 0 amide bonds. The minimum absolute atomic E-state index is 1.17. The zero-order valence-electron chi connectivity index (χ0n) is 7.62. The van der Waals surface area contributed by atoms with Crippen LogP contribution in [-0.2, 0) is 0 Å². The van der Waals surface area contributed by atoms with Gasteiger partial charge < -0.3 is 0 Å². The number of fused-ring (bicyclic) bond motifs is 3. The molecule has 0 atom stereocenters. The second-order valence-electron chi connectivity index (χ2n) is 3.35. The van der Waals surface area contributed by atoms with Gasteiger partial charge in [-0.2, -0.15) is 0 Å². The molecule has 2 radical (unpaired) electrons. The Morgan fingerprint density at radius 2 is 1.79 bits per heavy atom. The highest BCUT2D eigenvalue weighted by atomic mass is 14.0. The summed E-state index contributed by atoms with van der Waals surface area (Å²) in [6, 6.07) is 22.8. The minimum Gasteiger partial charge on any atom is -0.0616 e. The fraction of sp³-hybridized carbons (Fsp3) is 0. The summed E-state index contributed by atoms with van der Waals surface area (Å²) in [5.41, 5.74) is 0. The van der Waals surface area contributed by atoms with E-state index in [0.29, 0.717) is 0 Å². The van der Waals surface area contributed by atoms with Crippen LogP contribution in [0.25, 0.3) is 21.5 Å². The molecule has 0 aliphatic rings. The smallest absolute Gasteiger partial charge is 0.00926 e. The summed E-state index contributed by atoms with van der Waals surface area (Å²) in [7, 11) is 0. The van der Waals surface area contributed by atoms with Crippen LogP contribution in [0.1, 0.15) is 0 Å². The standard InChI is InChI=1S/C14H8/c1-3-7-13-11(5-1)9-10-12-6-2-4-8-14(12)13/h1,3-8,10H. The summed E-state index contributed by atoms with van der Waals surface area (Å²) in [5, 5.41) is 4.91. The summed E-state index contributed by atoms with van der Waals surface area (Å²) in [4.78, 5) is 0. The van der Waals surface area contributed by atoms with Crippen molar-refractivity contribution in [1.82, 2.24) is 0 Å². The molecule has 0 aromatic heterocycles. The van der Waals surface area contributed by atoms with E-state index in [2.05, 4.69) is 36.4 Å². The van der Waals surface area contributed by atoms with Gasteiger partial charge in [0.25, 0.3) is 0 Å². The monoisotopic (exact) mass is 176 g/mol. The Bertz CT molecular complexity index is 539. The first-order valence-electron chi connectivity index (χ1n) is 4.64. The molecule has 0 aliphatic carbocycles. The highest BCUT2D eigenvalue weighted by Crippen LogP contribution is 2.23. The third kappa shape index (κ3) is 1.01. The zero-order chi connectivity index (χ0) is 9.38. The van der Waals surface area contributed by atoms with Gasteiger partial charge in [-0.1, -0.05) is 36.4 Å². The summed E-state index contributed by atoms with van der Waals surface area (Å²) < 4.78 is 0. The van der Waals surface area contributed by atoms with E-state index >= 15 is 0 Å². The van der Waals surface area contributed by atoms with Gasteiger partial charge >= 0.3 is 0 Å². The van der Waals surface area contributed by atoms with Crippen LogP contribution in [0, 0.1) is 12.1 Å². The van der Waals surface area contributed by atoms with Gasteiger partial charge in [-0.05, 0) is 45.8 Å². The van der Waals surface area contributed by atoms with E-state index in [-0.39, 0.29) is 0 Å². The van der Waals surface area contributed by atoms with Gasteiger partial charge in [-0.15, -0.1) is 0 Å². The van der Waals surface area contributed by atoms with E-state index in [4.69, 9.17) is 0 Å². The molecule has 0 spiro atoms. The van der Waals surface area contributed by atoms with Gasteiger partial charge in [-0.3, -0.25) is 0 Å². The van der Waals surface area contributed by atoms with E-state index in [1.54, 1.807) is 0 Å². The number of benzene rings is 3. The first kappa shape index (κ1) is 7.57. The van der Waals surface area contributed by atoms with Gasteiger partial charge in [0.2, 0.25) is 0 Å². The van der Waals surface area contributed by atoms with E-state index in [1.165, 1.54) is 21.5 Å². The first-order chi connectivity index (χ1) is 6.95. The number of hydrogen-bond acceptors (Lipinski definition) is 0. The third-order valence-corrected chi connectivity index (χ3v) is 2.50. The van der Waals surface area contributed by atoms with E-state index in [0.717, 1.165) is 0 Å². The van der Waals surface area contributed by atoms with E-state index < -0.39 is 0 Å². The fourth-order valence-corrected chi connectivity index (χ4v) is 1.81. The zero-order valence-corrected chi connectivity index (χ0v) is 7.62. The van der Waals surface area contributed by atoms with Crippen LogP contribution in [-0.4, -0.2) is 0 Å². The molecule has 0 aliphatic heterocycles. The van der Waals surface area contributed by atoms with Gasteiger partial charge in [0.1, 0.15) is 0 Å². The Morgan fingerprint density at radius 3 is 2.79 bits per heavy atom. The number of rotatable bonds is 0. The van der Waals surface area contributed by atoms with Gasteiger partial charge in [0, 0.05) is 0 Å². The van der Waals surface area contributed by atoms with Crippen molar-refractivity contribution in [3.63, 3.8) is 0 Å². The lowest BCUT2D eigenvalue weighted by molar-refractivity contribution is 1.75. The predicted molar refractivity (Wildman–Crippen MR) is 59.1 cm³/mol. The average molecular weight is 176 g/mol. The Kier molecular flexibility index (Phi) is 1.54. The highest BCUT2D eigenvalue weighted by Gasteiger charge is 1.97. The highest BCUT2D eigenvalue weighted by molar-refractivity contribution is 6.06. The lowest BCUT2D eigenvalue weighted by atomic mass is 10.0. The van der Waals surface area contributed by atoms with Crippen LogP contribution < -0.4 is 0 Å². The molecule has 0 N–H and O–H groups in total. The Balaban J connectivity index is 2.61. The Hall–Kier alpha value is -1.82. The molecule has 3 aromatic rings. The van der Waals surface area contributed by atoms with Crippen LogP contribution in [0.4, 0.5) is 0 Å². The molecule has 0 heterocycles. The lowest BCUT2D eigenvalue weighted by Gasteiger charge is -2.01. The summed E-state index contributed by atoms with van der Waals surface area (Å²) in [6.45, 7) is 0. The normalized spacial score (nSPS) is 10.9. The van der Waals surface area contributed by atoms with E-state index in [9.17, 15) is 0 Å². The minimum atomic E-state index is 1.17. The molecule has 0 bridgehead atoms. The number of hydrogen-bond donors (Lipinski definition) is 0. The fourth-order valence-electron chi connectivity index (χ4n) is 1.81. The topological polar surface area (TPSA) is 0 Å². The van der Waals surface area contributed by atoms with Crippen molar-refractivity contribution in [3.8, 4) is 0 Å². The molecular formula is C14H8. The lowest BCUT2D eigenvalue weighted by Crippen LogP contribution is -1.76. The van der Waals surface area contributed by atoms with Crippen LogP contribution in [0.15, 0.2) is 48.5 Å². The van der Waals surface area contributed by atoms with Gasteiger partial charge in [0.15, 0.2) is 0 Å². The van der Waals surface area contributed by atoms with Crippen LogP contribution in [0.2, 0.25) is 0 Å². The van der Waals surface area contributed by atoms with Crippen molar-refractivity contribution in [2.24, 2.45) is 0 Å². The Morgan fingerprint density at radius 1 is 0.857 bits per heavy atom. The molecule has 3 aromatic carbocycles. The SMILES string of the molecule is [c]1ccc2c(c1)c[c]c1ccccc12. The van der Waals surface area contributed by atoms with Crippen molar-refractivity contribution < 1.29 is 0 Å². The molecule has 0 unspecified atom stereocenters. The maximum absolute atomic E-state index is 3.27. The molecule has 0 saturated heterocycles. The quantitative estimate of drug-likeness (QED) is 0.459. The molecule has 0 nitrogen and oxygen atoms in total. The molecular weight excluding hydrogens is 168 g/mol. The van der Waals surface area contributed by atoms with Crippen molar-refractivity contribution in [1.29, 1.82) is 0 Å². The van der Waals surface area contributed by atoms with E-state index in [1.807, 2.05) is 24.3 Å². The van der Waals surface area contributed by atoms with Crippen LogP contribution >= 0.6 is 0 Å². The molecule has 0 fully saturated rings. The molecule has 14 heavy (non-hydrogen) atoms.